The molecule has 3 N–H and O–H groups in total. The molecule has 3 heterocycles. The number of hydrogen-bond donors (Lipinski definition) is 3. The van der Waals surface area contributed by atoms with Crippen LogP contribution in [0.5, 0.6) is 0 Å². The van der Waals surface area contributed by atoms with Crippen LogP contribution in [0.25, 0.3) is 0 Å². The number of carbonyl (C=O) groups excluding carboxylic acids is 2. The highest BCUT2D eigenvalue weighted by atomic mass is 35.5. The first-order chi connectivity index (χ1) is 17.0. The van der Waals surface area contributed by atoms with Gasteiger partial charge < -0.3 is 30.3 Å². The first kappa shape index (κ1) is 24.4. The van der Waals surface area contributed by atoms with Gasteiger partial charge in [0.2, 0.25) is 12.3 Å². The van der Waals surface area contributed by atoms with Crippen LogP contribution in [0.1, 0.15) is 48.2 Å². The van der Waals surface area contributed by atoms with Crippen molar-refractivity contribution in [1.29, 1.82) is 0 Å². The van der Waals surface area contributed by atoms with Crippen molar-refractivity contribution >= 4 is 51.8 Å². The Morgan fingerprint density at radius 3 is 2.60 bits per heavy atom. The summed E-state index contributed by atoms with van der Waals surface area (Å²) in [7, 11) is 0. The number of nitrogens with one attached hydrogen (secondary N) is 2. The van der Waals surface area contributed by atoms with Gasteiger partial charge in [-0.2, -0.15) is 0 Å². The van der Waals surface area contributed by atoms with Gasteiger partial charge >= 0.3 is 0 Å². The normalized spacial score (nSPS) is 22.7. The molecular weight excluding hydrogens is 488 g/mol. The summed E-state index contributed by atoms with van der Waals surface area (Å²) in [6.07, 6.45) is 4.85. The zero-order chi connectivity index (χ0) is 24.4. The summed E-state index contributed by atoms with van der Waals surface area (Å²) in [5, 5.41) is 16.6. The Balaban J connectivity index is 1.28. The van der Waals surface area contributed by atoms with Crippen LogP contribution in [-0.4, -0.2) is 55.6 Å². The van der Waals surface area contributed by atoms with Gasteiger partial charge in [0.15, 0.2) is 0 Å². The Kier molecular flexibility index (Phi) is 7.48. The first-order valence-corrected chi connectivity index (χ1v) is 13.5. The fourth-order valence-electron chi connectivity index (χ4n) is 5.13. The molecule has 5 rings (SSSR count). The highest BCUT2D eigenvalue weighted by molar-refractivity contribution is 7.18. The molecule has 3 fully saturated rings. The van der Waals surface area contributed by atoms with Crippen LogP contribution in [0.15, 0.2) is 30.3 Å². The van der Waals surface area contributed by atoms with Gasteiger partial charge in [0, 0.05) is 31.2 Å². The molecule has 3 aliphatic rings. The lowest BCUT2D eigenvalue weighted by Gasteiger charge is -2.26. The molecule has 2 amide bonds. The minimum absolute atomic E-state index is 0.0667. The van der Waals surface area contributed by atoms with Gasteiger partial charge in [0.1, 0.15) is 0 Å². The Labute approximate surface area is 214 Å². The van der Waals surface area contributed by atoms with Crippen LogP contribution in [-0.2, 0) is 9.53 Å². The molecule has 2 saturated heterocycles. The van der Waals surface area contributed by atoms with E-state index in [1.165, 1.54) is 11.3 Å². The first-order valence-electron chi connectivity index (χ1n) is 12.3. The average Bonchev–Trinajstić information content (AvgIpc) is 3.65. The molecule has 188 valence electrons. The van der Waals surface area contributed by atoms with Crippen LogP contribution in [0, 0.1) is 5.92 Å². The van der Waals surface area contributed by atoms with Gasteiger partial charge in [0.25, 0.3) is 5.91 Å². The maximum atomic E-state index is 12.9. The number of aliphatic hydroxyl groups is 1. The zero-order valence-corrected chi connectivity index (χ0v) is 21.1. The van der Waals surface area contributed by atoms with Gasteiger partial charge in [-0.15, -0.1) is 11.3 Å². The molecule has 1 aromatic carbocycles. The predicted octanol–water partition coefficient (Wildman–Crippen LogP) is 4.04. The van der Waals surface area contributed by atoms with Crippen molar-refractivity contribution in [3.63, 3.8) is 0 Å². The maximum absolute atomic E-state index is 12.9. The van der Waals surface area contributed by atoms with Crippen LogP contribution >= 0.6 is 22.9 Å². The second kappa shape index (κ2) is 10.7. The van der Waals surface area contributed by atoms with Crippen LogP contribution in [0.3, 0.4) is 0 Å². The fraction of sp³-hybridized carbons (Fsp3) is 0.520. The highest BCUT2D eigenvalue weighted by Gasteiger charge is 2.33. The molecule has 2 unspecified atom stereocenters. The molecular formula is C25H31ClN4O4S. The Morgan fingerprint density at radius 1 is 1.11 bits per heavy atom. The molecule has 0 radical (unpaired) electrons. The number of thiophene rings is 1. The summed E-state index contributed by atoms with van der Waals surface area (Å²) in [5.74, 6) is -0.0742. The number of rotatable bonds is 7. The third-order valence-electron chi connectivity index (χ3n) is 7.01. The third-order valence-corrected chi connectivity index (χ3v) is 8.24. The van der Waals surface area contributed by atoms with Crippen LogP contribution < -0.4 is 20.4 Å². The molecule has 1 saturated carbocycles. The molecule has 1 aliphatic carbocycles. The smallest absolute Gasteiger partial charge is 0.261 e. The summed E-state index contributed by atoms with van der Waals surface area (Å²) in [6, 6.07) is 9.28. The summed E-state index contributed by atoms with van der Waals surface area (Å²) in [5.41, 5.74) is 2.56. The van der Waals surface area contributed by atoms with Crippen molar-refractivity contribution in [1.82, 2.24) is 5.32 Å². The number of amides is 2. The number of carbonyl (C=O) groups is 2. The van der Waals surface area contributed by atoms with Crippen molar-refractivity contribution in [2.75, 3.05) is 41.3 Å². The molecule has 35 heavy (non-hydrogen) atoms. The van der Waals surface area contributed by atoms with Gasteiger partial charge in [0.05, 0.1) is 33.2 Å². The van der Waals surface area contributed by atoms with Crippen molar-refractivity contribution in [3.8, 4) is 0 Å². The summed E-state index contributed by atoms with van der Waals surface area (Å²) in [6.45, 7) is 2.61. The number of anilines is 3. The van der Waals surface area contributed by atoms with Gasteiger partial charge in [-0.3, -0.25) is 9.59 Å². The summed E-state index contributed by atoms with van der Waals surface area (Å²) in [4.78, 5) is 29.9. The second-order valence-corrected chi connectivity index (χ2v) is 11.1. The summed E-state index contributed by atoms with van der Waals surface area (Å²) >= 11 is 7.13. The van der Waals surface area contributed by atoms with E-state index < -0.39 is 6.41 Å². The Bertz CT molecular complexity index is 1070. The number of halogens is 1. The Morgan fingerprint density at radius 2 is 1.89 bits per heavy atom. The number of benzene rings is 1. The molecule has 0 bridgehead atoms. The molecule has 0 spiro atoms. The number of ether oxygens (including phenoxy) is 1. The van der Waals surface area contributed by atoms with Gasteiger partial charge in [-0.05, 0) is 56.0 Å². The van der Waals surface area contributed by atoms with E-state index in [2.05, 4.69) is 15.5 Å². The standard InChI is InChI=1S/C25H31ClN4O4S/c26-22-10-9-21(35-22)24(32)27-14-18-15-30(25(33)34-18)17-7-8-20(29-11-3-4-12-29)19(13-17)28-23(31)16-5-1-2-6-16/h7-10,13,16,18,25,33H,1-6,11-12,14-15H2,(H,27,32)(H,28,31). The number of nitrogens with zero attached hydrogens (tertiary/aromatic N) is 2. The second-order valence-electron chi connectivity index (χ2n) is 9.42. The van der Waals surface area contributed by atoms with E-state index in [1.807, 2.05) is 18.2 Å². The quantitative estimate of drug-likeness (QED) is 0.512. The SMILES string of the molecule is O=C(NCC1CN(c2ccc(N3CCCC3)c(NC(=O)C3CCCC3)c2)C(O)O1)c1ccc(Cl)s1. The lowest BCUT2D eigenvalue weighted by molar-refractivity contribution is -0.119. The fourth-order valence-corrected chi connectivity index (χ4v) is 6.09. The largest absolute Gasteiger partial charge is 0.370 e. The molecule has 1 aromatic heterocycles. The van der Waals surface area contributed by atoms with Gasteiger partial charge in [-0.25, -0.2) is 0 Å². The van der Waals surface area contributed by atoms with E-state index >= 15 is 0 Å². The van der Waals surface area contributed by atoms with Crippen molar-refractivity contribution < 1.29 is 19.4 Å². The maximum Gasteiger partial charge on any atom is 0.261 e. The number of aliphatic hydroxyl groups excluding tert-OH is 1. The molecule has 8 nitrogen and oxygen atoms in total. The van der Waals surface area contributed by atoms with E-state index in [-0.39, 0.29) is 30.4 Å². The lowest BCUT2D eigenvalue weighted by Crippen LogP contribution is -2.34. The zero-order valence-electron chi connectivity index (χ0n) is 19.5. The minimum Gasteiger partial charge on any atom is -0.370 e. The van der Waals surface area contributed by atoms with E-state index in [0.717, 1.165) is 68.7 Å². The van der Waals surface area contributed by atoms with Crippen molar-refractivity contribution in [2.24, 2.45) is 5.92 Å². The predicted molar refractivity (Wildman–Crippen MR) is 138 cm³/mol. The third kappa shape index (κ3) is 5.58. The monoisotopic (exact) mass is 518 g/mol. The molecule has 2 aliphatic heterocycles. The summed E-state index contributed by atoms with van der Waals surface area (Å²) < 4.78 is 6.26. The number of hydrogen-bond acceptors (Lipinski definition) is 7. The van der Waals surface area contributed by atoms with Crippen molar-refractivity contribution in [3.05, 3.63) is 39.5 Å². The van der Waals surface area contributed by atoms with Crippen molar-refractivity contribution in [2.45, 2.75) is 51.0 Å². The van der Waals surface area contributed by atoms with E-state index in [0.29, 0.717) is 15.8 Å². The Hall–Kier alpha value is -2.33. The molecule has 2 atom stereocenters. The molecule has 2 aromatic rings. The minimum atomic E-state index is -1.14. The highest BCUT2D eigenvalue weighted by Crippen LogP contribution is 2.36. The van der Waals surface area contributed by atoms with Crippen LogP contribution in [0.4, 0.5) is 17.1 Å². The lowest BCUT2D eigenvalue weighted by atomic mass is 10.1. The van der Waals surface area contributed by atoms with E-state index in [4.69, 9.17) is 16.3 Å². The van der Waals surface area contributed by atoms with Gasteiger partial charge in [-0.1, -0.05) is 24.4 Å². The van der Waals surface area contributed by atoms with Crippen LogP contribution in [0.2, 0.25) is 4.34 Å². The average molecular weight is 519 g/mol. The van der Waals surface area contributed by atoms with E-state index in [1.54, 1.807) is 17.0 Å². The van der Waals surface area contributed by atoms with E-state index in [9.17, 15) is 14.7 Å². The topological polar surface area (TPSA) is 94.1 Å². The molecule has 10 heteroatoms.